The third-order valence-electron chi connectivity index (χ3n) is 7.18. The van der Waals surface area contributed by atoms with Crippen molar-refractivity contribution >= 4 is 0 Å². The molecule has 2 aliphatic carbocycles. The van der Waals surface area contributed by atoms with Crippen LogP contribution in [0.5, 0.6) is 0 Å². The molecule has 114 valence electrons. The van der Waals surface area contributed by atoms with Crippen molar-refractivity contribution < 1.29 is 0 Å². The number of hydrogen-bond donors (Lipinski definition) is 0. The molecule has 2 aliphatic rings. The minimum absolute atomic E-state index is 0.542. The van der Waals surface area contributed by atoms with Crippen LogP contribution in [0.3, 0.4) is 0 Å². The number of fused-ring (bicyclic) bond motifs is 2. The van der Waals surface area contributed by atoms with Gasteiger partial charge in [-0.1, -0.05) is 75.7 Å². The first kappa shape index (κ1) is 17.1. The molecule has 0 radical (unpaired) electrons. The molecular weight excluding hydrogens is 228 g/mol. The van der Waals surface area contributed by atoms with E-state index in [2.05, 4.69) is 69.2 Å². The molecule has 2 fully saturated rings. The van der Waals surface area contributed by atoms with Crippen molar-refractivity contribution in [2.75, 3.05) is 0 Å². The van der Waals surface area contributed by atoms with Gasteiger partial charge in [-0.2, -0.15) is 0 Å². The van der Waals surface area contributed by atoms with Crippen molar-refractivity contribution in [3.63, 3.8) is 0 Å². The number of hydrogen-bond acceptors (Lipinski definition) is 0. The molecule has 4 atom stereocenters. The molecule has 2 rings (SSSR count). The van der Waals surface area contributed by atoms with Gasteiger partial charge in [0.25, 0.3) is 0 Å². The summed E-state index contributed by atoms with van der Waals surface area (Å²) < 4.78 is 0. The van der Waals surface area contributed by atoms with E-state index >= 15 is 0 Å². The maximum Gasteiger partial charge on any atom is -0.0269 e. The summed E-state index contributed by atoms with van der Waals surface area (Å²) in [6.07, 6.45) is 2.76. The molecule has 0 nitrogen and oxygen atoms in total. The highest BCUT2D eigenvalue weighted by Gasteiger charge is 2.62. The van der Waals surface area contributed by atoms with Crippen LogP contribution in [0.25, 0.3) is 0 Å². The fourth-order valence-electron chi connectivity index (χ4n) is 4.30. The Labute approximate surface area is 122 Å². The average Bonchev–Trinajstić information content (AvgIpc) is 2.64. The van der Waals surface area contributed by atoms with Gasteiger partial charge in [-0.3, -0.25) is 0 Å². The van der Waals surface area contributed by atoms with Crippen molar-refractivity contribution in [1.82, 2.24) is 0 Å². The summed E-state index contributed by atoms with van der Waals surface area (Å²) >= 11 is 0. The van der Waals surface area contributed by atoms with E-state index in [0.717, 1.165) is 23.7 Å². The van der Waals surface area contributed by atoms with Gasteiger partial charge >= 0.3 is 0 Å². The summed E-state index contributed by atoms with van der Waals surface area (Å²) in [7, 11) is 0. The molecule has 0 heteroatoms. The Kier molecular flexibility index (Phi) is 4.56. The van der Waals surface area contributed by atoms with Crippen LogP contribution in [0.1, 0.15) is 82.1 Å². The van der Waals surface area contributed by atoms with Gasteiger partial charge in [0.05, 0.1) is 0 Å². The molecule has 2 saturated carbocycles. The Bertz CT molecular complexity index is 278. The molecule has 0 saturated heterocycles. The van der Waals surface area contributed by atoms with E-state index in [-0.39, 0.29) is 0 Å². The molecule has 4 unspecified atom stereocenters. The Morgan fingerprint density at radius 1 is 0.842 bits per heavy atom. The normalized spacial score (nSPS) is 38.8. The van der Waals surface area contributed by atoms with Crippen LogP contribution in [-0.2, 0) is 0 Å². The third kappa shape index (κ3) is 2.88. The Morgan fingerprint density at radius 3 is 1.26 bits per heavy atom. The highest BCUT2D eigenvalue weighted by atomic mass is 14.7. The average molecular weight is 267 g/mol. The van der Waals surface area contributed by atoms with Gasteiger partial charge in [0.2, 0.25) is 0 Å². The maximum absolute atomic E-state index is 2.49. The predicted molar refractivity (Wildman–Crippen MR) is 87.2 cm³/mol. The fraction of sp³-hybridized carbons (Fsp3) is 1.00. The first-order valence-corrected chi connectivity index (χ1v) is 8.36. The van der Waals surface area contributed by atoms with Gasteiger partial charge in [0, 0.05) is 0 Å². The van der Waals surface area contributed by atoms with Crippen LogP contribution in [0.4, 0.5) is 0 Å². The zero-order valence-electron chi connectivity index (χ0n) is 15.2. The van der Waals surface area contributed by atoms with Crippen LogP contribution < -0.4 is 0 Å². The molecule has 0 aromatic heterocycles. The zero-order chi connectivity index (χ0) is 15.2. The summed E-state index contributed by atoms with van der Waals surface area (Å²) in [5.41, 5.74) is 1.66. The van der Waals surface area contributed by atoms with E-state index in [1.54, 1.807) is 0 Å². The van der Waals surface area contributed by atoms with Gasteiger partial charge in [-0.15, -0.1) is 0 Å². The summed E-state index contributed by atoms with van der Waals surface area (Å²) in [6.45, 7) is 23.8. The zero-order valence-corrected chi connectivity index (χ0v) is 15.2. The molecule has 0 spiro atoms. The lowest BCUT2D eigenvalue weighted by atomic mass is 9.55. The second-order valence-corrected chi connectivity index (χ2v) is 9.52. The molecule has 0 amide bonds. The SMILES string of the molecule is CC1C(C)C2CC1C(C)(C)C2(C)C.CCC(C)(C)C. The van der Waals surface area contributed by atoms with Gasteiger partial charge < -0.3 is 0 Å². The van der Waals surface area contributed by atoms with Crippen LogP contribution in [0.15, 0.2) is 0 Å². The van der Waals surface area contributed by atoms with Crippen molar-refractivity contribution in [3.8, 4) is 0 Å². The minimum Gasteiger partial charge on any atom is -0.0649 e. The second-order valence-electron chi connectivity index (χ2n) is 9.52. The van der Waals surface area contributed by atoms with E-state index in [1.165, 1.54) is 12.8 Å². The van der Waals surface area contributed by atoms with Crippen molar-refractivity contribution in [2.45, 2.75) is 82.1 Å². The van der Waals surface area contributed by atoms with E-state index in [1.807, 2.05) is 0 Å². The van der Waals surface area contributed by atoms with E-state index in [0.29, 0.717) is 16.2 Å². The van der Waals surface area contributed by atoms with E-state index < -0.39 is 0 Å². The summed E-state index contributed by atoms with van der Waals surface area (Å²) in [6, 6.07) is 0. The van der Waals surface area contributed by atoms with Crippen LogP contribution in [0.2, 0.25) is 0 Å². The van der Waals surface area contributed by atoms with Crippen molar-refractivity contribution in [2.24, 2.45) is 39.9 Å². The second kappa shape index (κ2) is 5.08. The molecule has 0 aromatic rings. The summed E-state index contributed by atoms with van der Waals surface area (Å²) in [5.74, 6) is 3.85. The molecule has 0 aromatic carbocycles. The lowest BCUT2D eigenvalue weighted by Gasteiger charge is -2.50. The third-order valence-corrected chi connectivity index (χ3v) is 7.18. The van der Waals surface area contributed by atoms with Crippen LogP contribution >= 0.6 is 0 Å². The van der Waals surface area contributed by atoms with Gasteiger partial charge in [-0.05, 0) is 46.3 Å². The molecule has 2 bridgehead atoms. The minimum atomic E-state index is 0.542. The predicted octanol–water partition coefficient (Wildman–Crippen LogP) is 6.40. The van der Waals surface area contributed by atoms with Gasteiger partial charge in [0.15, 0.2) is 0 Å². The van der Waals surface area contributed by atoms with E-state index in [4.69, 9.17) is 0 Å². The van der Waals surface area contributed by atoms with Gasteiger partial charge in [0.1, 0.15) is 0 Å². The Hall–Kier alpha value is 0. The lowest BCUT2D eigenvalue weighted by Crippen LogP contribution is -2.44. The van der Waals surface area contributed by atoms with Gasteiger partial charge in [-0.25, -0.2) is 0 Å². The Balaban J connectivity index is 0.000000258. The first-order chi connectivity index (χ1) is 8.36. The molecule has 0 aliphatic heterocycles. The molecular formula is C19H38. The van der Waals surface area contributed by atoms with E-state index in [9.17, 15) is 0 Å². The van der Waals surface area contributed by atoms with Crippen LogP contribution in [0, 0.1) is 39.9 Å². The van der Waals surface area contributed by atoms with Crippen LogP contribution in [-0.4, -0.2) is 0 Å². The Morgan fingerprint density at radius 2 is 1.11 bits per heavy atom. The first-order valence-electron chi connectivity index (χ1n) is 8.36. The standard InChI is InChI=1S/C13H24.C6H14/c1-8-9(2)11-7-10(8)12(3,4)13(11,5)6;1-5-6(2,3)4/h8-11H,7H2,1-6H3;5H2,1-4H3. The quantitative estimate of drug-likeness (QED) is 0.475. The smallest absolute Gasteiger partial charge is 0.0269 e. The van der Waals surface area contributed by atoms with Crippen molar-refractivity contribution in [3.05, 3.63) is 0 Å². The fourth-order valence-corrected chi connectivity index (χ4v) is 4.30. The molecule has 0 N–H and O–H groups in total. The lowest BCUT2D eigenvalue weighted by molar-refractivity contribution is -0.0201. The largest absolute Gasteiger partial charge is 0.0649 e. The highest BCUT2D eigenvalue weighted by Crippen LogP contribution is 2.69. The summed E-state index contributed by atoms with van der Waals surface area (Å²) in [4.78, 5) is 0. The summed E-state index contributed by atoms with van der Waals surface area (Å²) in [5, 5.41) is 0. The maximum atomic E-state index is 2.49. The highest BCUT2D eigenvalue weighted by molar-refractivity contribution is 5.11. The molecule has 19 heavy (non-hydrogen) atoms. The molecule has 0 heterocycles. The van der Waals surface area contributed by atoms with Crippen molar-refractivity contribution in [1.29, 1.82) is 0 Å². The number of rotatable bonds is 0. The monoisotopic (exact) mass is 266 g/mol. The topological polar surface area (TPSA) is 0 Å².